The zero-order chi connectivity index (χ0) is 14.5. The van der Waals surface area contributed by atoms with Gasteiger partial charge < -0.3 is 22.1 Å². The van der Waals surface area contributed by atoms with Crippen LogP contribution in [-0.4, -0.2) is 25.0 Å². The fraction of sp³-hybridized carbons (Fsp3) is 0.385. The third-order valence-corrected chi connectivity index (χ3v) is 2.91. The topological polar surface area (TPSA) is 110 Å². The number of hydrogen-bond acceptors (Lipinski definition) is 3. The van der Waals surface area contributed by atoms with Gasteiger partial charge in [0.25, 0.3) is 0 Å². The minimum absolute atomic E-state index is 0.122. The van der Waals surface area contributed by atoms with Gasteiger partial charge in [-0.05, 0) is 31.5 Å². The second-order valence-electron chi connectivity index (χ2n) is 4.79. The number of anilines is 1. The molecule has 0 fully saturated rings. The lowest BCUT2D eigenvalue weighted by Gasteiger charge is -2.24. The molecule has 0 atom stereocenters. The molecular formula is C13H20N4O2. The summed E-state index contributed by atoms with van der Waals surface area (Å²) in [6.07, 6.45) is 0. The molecule has 0 saturated carbocycles. The first-order chi connectivity index (χ1) is 8.84. The van der Waals surface area contributed by atoms with Crippen molar-refractivity contribution in [2.75, 3.05) is 18.8 Å². The summed E-state index contributed by atoms with van der Waals surface area (Å²) in [6.45, 7) is 4.30. The summed E-state index contributed by atoms with van der Waals surface area (Å²) >= 11 is 0. The van der Waals surface area contributed by atoms with Crippen LogP contribution in [0.3, 0.4) is 0 Å². The normalized spacial score (nSPS) is 10.8. The highest BCUT2D eigenvalue weighted by Gasteiger charge is 2.29. The Balaban J connectivity index is 2.58. The Hall–Kier alpha value is -2.24. The lowest BCUT2D eigenvalue weighted by atomic mass is 9.83. The first-order valence-corrected chi connectivity index (χ1v) is 6.01. The van der Waals surface area contributed by atoms with E-state index in [0.717, 1.165) is 5.56 Å². The predicted octanol–water partition coefficient (Wildman–Crippen LogP) is 0.331. The predicted molar refractivity (Wildman–Crippen MR) is 74.5 cm³/mol. The molecule has 0 aliphatic carbocycles. The van der Waals surface area contributed by atoms with Gasteiger partial charge in [0, 0.05) is 18.8 Å². The third kappa shape index (κ3) is 4.17. The molecule has 1 rings (SSSR count). The highest BCUT2D eigenvalue weighted by Crippen LogP contribution is 2.24. The molecule has 3 amide bonds. The quantitative estimate of drug-likeness (QED) is 0.454. The van der Waals surface area contributed by atoms with Crippen molar-refractivity contribution in [1.82, 2.24) is 10.6 Å². The third-order valence-electron chi connectivity index (χ3n) is 2.91. The number of rotatable bonds is 5. The van der Waals surface area contributed by atoms with E-state index in [4.69, 9.17) is 11.5 Å². The van der Waals surface area contributed by atoms with Gasteiger partial charge in [0.2, 0.25) is 5.91 Å². The second kappa shape index (κ2) is 6.08. The van der Waals surface area contributed by atoms with Crippen LogP contribution < -0.4 is 22.1 Å². The van der Waals surface area contributed by atoms with Gasteiger partial charge in [-0.25, -0.2) is 4.79 Å². The Morgan fingerprint density at radius 1 is 1.11 bits per heavy atom. The standard InChI is InChI=1S/C13H20N4O2/c1-13(2,9-3-5-10(14)6-4-9)11(18)16-7-8-17-12(15)19/h3-6H,7-8,14H2,1-2H3,(H,16,18)(H3,15,17,19). The number of nitrogens with two attached hydrogens (primary N) is 2. The van der Waals surface area contributed by atoms with Crippen LogP contribution in [0.4, 0.5) is 10.5 Å². The van der Waals surface area contributed by atoms with Gasteiger partial charge in [0.15, 0.2) is 0 Å². The molecule has 0 aliphatic heterocycles. The number of nitrogen functional groups attached to an aromatic ring is 1. The van der Waals surface area contributed by atoms with Crippen molar-refractivity contribution >= 4 is 17.6 Å². The Labute approximate surface area is 112 Å². The molecular weight excluding hydrogens is 244 g/mol. The van der Waals surface area contributed by atoms with Crippen LogP contribution in [0.1, 0.15) is 19.4 Å². The molecule has 0 spiro atoms. The summed E-state index contributed by atoms with van der Waals surface area (Å²) in [5, 5.41) is 5.16. The molecule has 0 unspecified atom stereocenters. The van der Waals surface area contributed by atoms with E-state index < -0.39 is 11.4 Å². The van der Waals surface area contributed by atoms with Gasteiger partial charge in [0.1, 0.15) is 0 Å². The van der Waals surface area contributed by atoms with Crippen molar-refractivity contribution in [3.63, 3.8) is 0 Å². The minimum Gasteiger partial charge on any atom is -0.399 e. The van der Waals surface area contributed by atoms with Crippen molar-refractivity contribution in [2.45, 2.75) is 19.3 Å². The van der Waals surface area contributed by atoms with Crippen molar-refractivity contribution < 1.29 is 9.59 Å². The summed E-state index contributed by atoms with van der Waals surface area (Å²) in [5.74, 6) is -0.122. The molecule has 6 N–H and O–H groups in total. The van der Waals surface area contributed by atoms with Gasteiger partial charge in [0.05, 0.1) is 5.41 Å². The number of hydrogen-bond donors (Lipinski definition) is 4. The Morgan fingerprint density at radius 3 is 2.16 bits per heavy atom. The number of urea groups is 1. The number of benzene rings is 1. The van der Waals surface area contributed by atoms with Crippen molar-refractivity contribution in [3.05, 3.63) is 29.8 Å². The molecule has 0 bridgehead atoms. The van der Waals surface area contributed by atoms with Crippen molar-refractivity contribution in [1.29, 1.82) is 0 Å². The highest BCUT2D eigenvalue weighted by molar-refractivity contribution is 5.87. The van der Waals surface area contributed by atoms with E-state index in [1.54, 1.807) is 12.1 Å². The second-order valence-corrected chi connectivity index (χ2v) is 4.79. The summed E-state index contributed by atoms with van der Waals surface area (Å²) in [4.78, 5) is 22.6. The fourth-order valence-electron chi connectivity index (χ4n) is 1.61. The Bertz CT molecular complexity index is 454. The lowest BCUT2D eigenvalue weighted by Crippen LogP contribution is -2.44. The van der Waals surface area contributed by atoms with Crippen LogP contribution in [0.5, 0.6) is 0 Å². The van der Waals surface area contributed by atoms with Gasteiger partial charge in [-0.1, -0.05) is 12.1 Å². The van der Waals surface area contributed by atoms with Crippen molar-refractivity contribution in [2.24, 2.45) is 5.73 Å². The summed E-state index contributed by atoms with van der Waals surface area (Å²) in [7, 11) is 0. The van der Waals surface area contributed by atoms with Crippen LogP contribution in [-0.2, 0) is 10.2 Å². The lowest BCUT2D eigenvalue weighted by molar-refractivity contribution is -0.125. The molecule has 6 nitrogen and oxygen atoms in total. The highest BCUT2D eigenvalue weighted by atomic mass is 16.2. The first kappa shape index (κ1) is 14.8. The maximum Gasteiger partial charge on any atom is 0.312 e. The molecule has 1 aromatic carbocycles. The fourth-order valence-corrected chi connectivity index (χ4v) is 1.61. The zero-order valence-electron chi connectivity index (χ0n) is 11.2. The van der Waals surface area contributed by atoms with Crippen molar-refractivity contribution in [3.8, 4) is 0 Å². The molecule has 0 saturated heterocycles. The number of primary amides is 1. The molecule has 0 heterocycles. The van der Waals surface area contributed by atoms with Gasteiger partial charge in [-0.2, -0.15) is 0 Å². The number of carbonyl (C=O) groups excluding carboxylic acids is 2. The maximum absolute atomic E-state index is 12.1. The average Bonchev–Trinajstić information content (AvgIpc) is 2.34. The SMILES string of the molecule is CC(C)(C(=O)NCCNC(N)=O)c1ccc(N)cc1. The molecule has 0 radical (unpaired) electrons. The van der Waals surface area contributed by atoms with E-state index in [1.165, 1.54) is 0 Å². The summed E-state index contributed by atoms with van der Waals surface area (Å²) < 4.78 is 0. The summed E-state index contributed by atoms with van der Waals surface area (Å²) in [6, 6.07) is 6.58. The molecule has 19 heavy (non-hydrogen) atoms. The monoisotopic (exact) mass is 264 g/mol. The Morgan fingerprint density at radius 2 is 1.63 bits per heavy atom. The first-order valence-electron chi connectivity index (χ1n) is 6.01. The average molecular weight is 264 g/mol. The molecule has 0 aromatic heterocycles. The largest absolute Gasteiger partial charge is 0.399 e. The van der Waals surface area contributed by atoms with Crippen LogP contribution in [0.25, 0.3) is 0 Å². The summed E-state index contributed by atoms with van der Waals surface area (Å²) in [5.41, 5.74) is 11.4. The van der Waals surface area contributed by atoms with Crippen LogP contribution >= 0.6 is 0 Å². The molecule has 0 aliphatic rings. The Kier molecular flexibility index (Phi) is 4.74. The molecule has 1 aromatic rings. The van der Waals surface area contributed by atoms with E-state index >= 15 is 0 Å². The van der Waals surface area contributed by atoms with E-state index in [2.05, 4.69) is 10.6 Å². The van der Waals surface area contributed by atoms with E-state index in [9.17, 15) is 9.59 Å². The number of amides is 3. The van der Waals surface area contributed by atoms with Gasteiger partial charge in [-0.3, -0.25) is 4.79 Å². The van der Waals surface area contributed by atoms with Crippen LogP contribution in [0.15, 0.2) is 24.3 Å². The zero-order valence-corrected chi connectivity index (χ0v) is 11.2. The maximum atomic E-state index is 12.1. The van der Waals surface area contributed by atoms with E-state index in [-0.39, 0.29) is 5.91 Å². The molecule has 104 valence electrons. The van der Waals surface area contributed by atoms with Crippen LogP contribution in [0.2, 0.25) is 0 Å². The van der Waals surface area contributed by atoms with Gasteiger partial charge in [-0.15, -0.1) is 0 Å². The van der Waals surface area contributed by atoms with E-state index in [0.29, 0.717) is 18.8 Å². The van der Waals surface area contributed by atoms with Crippen LogP contribution in [0, 0.1) is 0 Å². The number of carbonyl (C=O) groups is 2. The smallest absolute Gasteiger partial charge is 0.312 e. The minimum atomic E-state index is -0.666. The number of nitrogens with one attached hydrogen (secondary N) is 2. The molecule has 6 heteroatoms. The van der Waals surface area contributed by atoms with E-state index in [1.807, 2.05) is 26.0 Å². The van der Waals surface area contributed by atoms with Gasteiger partial charge >= 0.3 is 6.03 Å².